The molecule has 144 valence electrons. The van der Waals surface area contributed by atoms with Gasteiger partial charge in [0.15, 0.2) is 5.78 Å². The van der Waals surface area contributed by atoms with E-state index in [1.165, 1.54) is 12.1 Å². The van der Waals surface area contributed by atoms with Crippen LogP contribution in [0.1, 0.15) is 41.6 Å². The maximum Gasteiger partial charge on any atom is 0.303 e. The first-order valence-corrected chi connectivity index (χ1v) is 10.3. The van der Waals surface area contributed by atoms with E-state index in [0.717, 1.165) is 0 Å². The third-order valence-corrected chi connectivity index (χ3v) is 5.66. The predicted octanol–water partition coefficient (Wildman–Crippen LogP) is 3.49. The van der Waals surface area contributed by atoms with Crippen LogP contribution in [0.2, 0.25) is 5.02 Å². The van der Waals surface area contributed by atoms with Crippen LogP contribution in [0.5, 0.6) is 0 Å². The second kappa shape index (κ2) is 9.64. The second-order valence-electron chi connectivity index (χ2n) is 5.93. The lowest BCUT2D eigenvalue weighted by molar-refractivity contribution is -0.137. The fraction of sp³-hybridized carbons (Fsp3) is 0.263. The first kappa shape index (κ1) is 21.1. The summed E-state index contributed by atoms with van der Waals surface area (Å²) in [5, 5.41) is 9.07. The van der Waals surface area contributed by atoms with Crippen molar-refractivity contribution in [2.45, 2.75) is 30.6 Å². The van der Waals surface area contributed by atoms with Crippen LogP contribution < -0.4 is 4.72 Å². The quantitative estimate of drug-likeness (QED) is 0.462. The molecule has 0 unspecified atom stereocenters. The van der Waals surface area contributed by atoms with Crippen molar-refractivity contribution in [2.75, 3.05) is 6.54 Å². The summed E-state index contributed by atoms with van der Waals surface area (Å²) in [4.78, 5) is 23.1. The van der Waals surface area contributed by atoms with E-state index >= 15 is 0 Å². The van der Waals surface area contributed by atoms with Crippen LogP contribution in [0.15, 0.2) is 53.4 Å². The lowest BCUT2D eigenvalue weighted by atomic mass is 10.0. The molecule has 0 saturated heterocycles. The van der Waals surface area contributed by atoms with Gasteiger partial charge < -0.3 is 5.11 Å². The van der Waals surface area contributed by atoms with Crippen LogP contribution in [-0.2, 0) is 14.8 Å². The minimum absolute atomic E-state index is 0.0607. The van der Waals surface area contributed by atoms with Crippen LogP contribution in [0.25, 0.3) is 0 Å². The Balaban J connectivity index is 2.10. The molecular formula is C19H20ClNO5S. The molecule has 0 fully saturated rings. The Labute approximate surface area is 163 Å². The molecule has 0 bridgehead atoms. The number of carboxylic acid groups (broad SMARTS) is 1. The SMILES string of the molecule is O=C(O)CCCCCNS(=O)(=O)c1ccccc1C(=O)c1ccc(Cl)cc1. The summed E-state index contributed by atoms with van der Waals surface area (Å²) in [5.41, 5.74) is 0.425. The summed E-state index contributed by atoms with van der Waals surface area (Å²) in [6.07, 6.45) is 1.66. The smallest absolute Gasteiger partial charge is 0.303 e. The van der Waals surface area contributed by atoms with Gasteiger partial charge in [0.25, 0.3) is 0 Å². The van der Waals surface area contributed by atoms with Crippen LogP contribution in [-0.4, -0.2) is 31.8 Å². The highest BCUT2D eigenvalue weighted by molar-refractivity contribution is 7.89. The number of carbonyl (C=O) groups excluding carboxylic acids is 1. The molecule has 0 aliphatic rings. The Morgan fingerprint density at radius 1 is 0.963 bits per heavy atom. The molecule has 2 N–H and O–H groups in total. The molecule has 0 saturated carbocycles. The van der Waals surface area contributed by atoms with Crippen molar-refractivity contribution in [1.82, 2.24) is 4.72 Å². The molecule has 2 aromatic rings. The van der Waals surface area contributed by atoms with Gasteiger partial charge in [-0.15, -0.1) is 0 Å². The van der Waals surface area contributed by atoms with Crippen LogP contribution >= 0.6 is 11.6 Å². The predicted molar refractivity (Wildman–Crippen MR) is 103 cm³/mol. The molecule has 0 aromatic heterocycles. The number of sulfonamides is 1. The standard InChI is InChI=1S/C19H20ClNO5S/c20-15-11-9-14(10-12-15)19(24)16-6-3-4-7-17(16)27(25,26)21-13-5-1-2-8-18(22)23/h3-4,6-7,9-12,21H,1-2,5,8,13H2,(H,22,23). The normalized spacial score (nSPS) is 11.3. The molecule has 0 spiro atoms. The summed E-state index contributed by atoms with van der Waals surface area (Å²) in [6, 6.07) is 12.2. The summed E-state index contributed by atoms with van der Waals surface area (Å²) < 4.78 is 27.7. The lowest BCUT2D eigenvalue weighted by Crippen LogP contribution is -2.26. The molecule has 8 heteroatoms. The third-order valence-electron chi connectivity index (χ3n) is 3.89. The number of ketones is 1. The van der Waals surface area contributed by atoms with E-state index in [1.807, 2.05) is 0 Å². The van der Waals surface area contributed by atoms with E-state index in [9.17, 15) is 18.0 Å². The van der Waals surface area contributed by atoms with E-state index in [1.54, 1.807) is 36.4 Å². The van der Waals surface area contributed by atoms with Gasteiger partial charge in [-0.1, -0.05) is 30.2 Å². The van der Waals surface area contributed by atoms with Gasteiger partial charge >= 0.3 is 5.97 Å². The van der Waals surface area contributed by atoms with Gasteiger partial charge in [0.2, 0.25) is 10.0 Å². The van der Waals surface area contributed by atoms with Gasteiger partial charge in [-0.05, 0) is 49.2 Å². The highest BCUT2D eigenvalue weighted by atomic mass is 35.5. The third kappa shape index (κ3) is 6.16. The maximum absolute atomic E-state index is 12.7. The number of aliphatic carboxylic acids is 1. The maximum atomic E-state index is 12.7. The first-order chi connectivity index (χ1) is 12.8. The number of carboxylic acids is 1. The van der Waals surface area contributed by atoms with E-state index in [0.29, 0.717) is 29.8 Å². The van der Waals surface area contributed by atoms with Gasteiger partial charge in [-0.25, -0.2) is 13.1 Å². The highest BCUT2D eigenvalue weighted by Gasteiger charge is 2.22. The monoisotopic (exact) mass is 409 g/mol. The molecule has 0 heterocycles. The van der Waals surface area contributed by atoms with Gasteiger partial charge in [-0.3, -0.25) is 9.59 Å². The molecule has 0 aliphatic heterocycles. The number of halogens is 1. The van der Waals surface area contributed by atoms with E-state index in [4.69, 9.17) is 16.7 Å². The Morgan fingerprint density at radius 3 is 2.30 bits per heavy atom. The van der Waals surface area contributed by atoms with Gasteiger partial charge in [0.05, 0.1) is 4.90 Å². The number of unbranched alkanes of at least 4 members (excludes halogenated alkanes) is 2. The zero-order valence-corrected chi connectivity index (χ0v) is 16.1. The molecule has 0 aliphatic carbocycles. The molecule has 2 aromatic carbocycles. The molecule has 6 nitrogen and oxygen atoms in total. The fourth-order valence-corrected chi connectivity index (χ4v) is 3.91. The minimum Gasteiger partial charge on any atom is -0.481 e. The van der Waals surface area contributed by atoms with Crippen LogP contribution in [0.4, 0.5) is 0 Å². The van der Waals surface area contributed by atoms with Crippen molar-refractivity contribution in [2.24, 2.45) is 0 Å². The largest absolute Gasteiger partial charge is 0.481 e. The average molecular weight is 410 g/mol. The fourth-order valence-electron chi connectivity index (χ4n) is 2.51. The van der Waals surface area contributed by atoms with Crippen molar-refractivity contribution < 1.29 is 23.1 Å². The summed E-state index contributed by atoms with van der Waals surface area (Å²) in [6.45, 7) is 0.172. The Morgan fingerprint density at radius 2 is 1.63 bits per heavy atom. The zero-order chi connectivity index (χ0) is 19.9. The van der Waals surface area contributed by atoms with Crippen molar-refractivity contribution in [3.05, 3.63) is 64.7 Å². The summed E-state index contributed by atoms with van der Waals surface area (Å²) >= 11 is 5.83. The topological polar surface area (TPSA) is 101 Å². The number of rotatable bonds is 10. The van der Waals surface area contributed by atoms with Crippen molar-refractivity contribution in [1.29, 1.82) is 0 Å². The average Bonchev–Trinajstić information content (AvgIpc) is 2.64. The molecule has 0 radical (unpaired) electrons. The number of nitrogens with one attached hydrogen (secondary N) is 1. The van der Waals surface area contributed by atoms with E-state index in [2.05, 4.69) is 4.72 Å². The van der Waals surface area contributed by atoms with Crippen LogP contribution in [0, 0.1) is 0 Å². The molecule has 0 amide bonds. The zero-order valence-electron chi connectivity index (χ0n) is 14.5. The van der Waals surface area contributed by atoms with Gasteiger partial charge in [-0.2, -0.15) is 0 Å². The number of hydrogen-bond acceptors (Lipinski definition) is 4. The number of carbonyl (C=O) groups is 2. The number of hydrogen-bond donors (Lipinski definition) is 2. The highest BCUT2D eigenvalue weighted by Crippen LogP contribution is 2.20. The molecule has 0 atom stereocenters. The summed E-state index contributed by atoms with van der Waals surface area (Å²) in [5.74, 6) is -1.28. The first-order valence-electron chi connectivity index (χ1n) is 8.42. The van der Waals surface area contributed by atoms with Crippen molar-refractivity contribution in [3.63, 3.8) is 0 Å². The second-order valence-corrected chi connectivity index (χ2v) is 8.11. The van der Waals surface area contributed by atoms with Crippen LogP contribution in [0.3, 0.4) is 0 Å². The molecule has 2 rings (SSSR count). The van der Waals surface area contributed by atoms with Gasteiger partial charge in [0.1, 0.15) is 0 Å². The van der Waals surface area contributed by atoms with Gasteiger partial charge in [0, 0.05) is 29.1 Å². The van der Waals surface area contributed by atoms with E-state index in [-0.39, 0.29) is 23.4 Å². The lowest BCUT2D eigenvalue weighted by Gasteiger charge is -2.11. The summed E-state index contributed by atoms with van der Waals surface area (Å²) in [7, 11) is -3.87. The molecular weight excluding hydrogens is 390 g/mol. The van der Waals surface area contributed by atoms with E-state index < -0.39 is 21.8 Å². The number of benzene rings is 2. The Kier molecular flexibility index (Phi) is 7.53. The minimum atomic E-state index is -3.87. The Bertz CT molecular complexity index is 910. The molecule has 27 heavy (non-hydrogen) atoms. The van der Waals surface area contributed by atoms with Crippen molar-refractivity contribution >= 4 is 33.4 Å². The van der Waals surface area contributed by atoms with Crippen molar-refractivity contribution in [3.8, 4) is 0 Å². The Hall–Kier alpha value is -2.22.